The highest BCUT2D eigenvalue weighted by Crippen LogP contribution is 2.33. The molecule has 6 aromatic heterocycles. The molecule has 7 heteroatoms. The quantitative estimate of drug-likeness (QED) is 0.435. The summed E-state index contributed by atoms with van der Waals surface area (Å²) < 4.78 is 5.25. The molecule has 0 spiro atoms. The van der Waals surface area contributed by atoms with Crippen molar-refractivity contribution in [3.05, 3.63) is 73.2 Å². The van der Waals surface area contributed by atoms with Crippen molar-refractivity contribution < 1.29 is 4.42 Å². The Morgan fingerprint density at radius 2 is 1.87 bits per heavy atom. The van der Waals surface area contributed by atoms with Crippen LogP contribution in [0.4, 0.5) is 0 Å². The van der Waals surface area contributed by atoms with E-state index in [0.717, 1.165) is 61.3 Å². The topological polar surface area (TPSA) is 96.3 Å². The molecule has 0 saturated heterocycles. The van der Waals surface area contributed by atoms with Gasteiger partial charge in [0.1, 0.15) is 11.2 Å². The average Bonchev–Trinajstić information content (AvgIpc) is 3.51. The van der Waals surface area contributed by atoms with E-state index in [2.05, 4.69) is 38.1 Å². The molecule has 6 aromatic rings. The summed E-state index contributed by atoms with van der Waals surface area (Å²) in [4.78, 5) is 17.0. The Morgan fingerprint density at radius 1 is 0.933 bits per heavy atom. The zero-order chi connectivity index (χ0) is 20.1. The van der Waals surface area contributed by atoms with Crippen LogP contribution in [0.5, 0.6) is 0 Å². The zero-order valence-electron chi connectivity index (χ0n) is 16.0. The zero-order valence-corrected chi connectivity index (χ0v) is 16.0. The lowest BCUT2D eigenvalue weighted by molar-refractivity contribution is 0.568. The van der Waals surface area contributed by atoms with E-state index in [4.69, 9.17) is 9.40 Å². The van der Waals surface area contributed by atoms with Crippen LogP contribution in [-0.4, -0.2) is 30.1 Å². The van der Waals surface area contributed by atoms with E-state index < -0.39 is 0 Å². The van der Waals surface area contributed by atoms with Crippen molar-refractivity contribution in [2.24, 2.45) is 0 Å². The lowest BCUT2D eigenvalue weighted by Gasteiger charge is -2.04. The molecule has 0 radical (unpaired) electrons. The summed E-state index contributed by atoms with van der Waals surface area (Å²) in [5, 5.41) is 8.68. The van der Waals surface area contributed by atoms with E-state index in [0.29, 0.717) is 0 Å². The number of H-pyrrole nitrogens is 2. The number of pyridine rings is 3. The fourth-order valence-corrected chi connectivity index (χ4v) is 3.80. The molecule has 2 N–H and O–H groups in total. The molecule has 0 saturated carbocycles. The standard InChI is InChI=1S/C23H16N6O/c1-13-4-6-24-9-16(13)18-2-3-19-22(27-18)23(29-28-19)20-8-15-17(14-5-7-30-12-14)10-25-11-21(15)26-20/h2-12,26H,1H3,(H,28,29). The molecule has 6 heterocycles. The summed E-state index contributed by atoms with van der Waals surface area (Å²) in [6.45, 7) is 2.06. The number of aromatic nitrogens is 6. The van der Waals surface area contributed by atoms with Crippen molar-refractivity contribution in [3.8, 4) is 33.8 Å². The number of aryl methyl sites for hydroxylation is 1. The van der Waals surface area contributed by atoms with Crippen LogP contribution in [-0.2, 0) is 0 Å². The van der Waals surface area contributed by atoms with Crippen LogP contribution in [0, 0.1) is 6.92 Å². The maximum Gasteiger partial charge on any atom is 0.135 e. The van der Waals surface area contributed by atoms with Gasteiger partial charge >= 0.3 is 0 Å². The smallest absolute Gasteiger partial charge is 0.135 e. The van der Waals surface area contributed by atoms with Gasteiger partial charge in [0.05, 0.1) is 41.1 Å². The number of hydrogen-bond donors (Lipinski definition) is 2. The molecule has 0 amide bonds. The molecule has 30 heavy (non-hydrogen) atoms. The Hall–Kier alpha value is -4.26. The molecule has 6 rings (SSSR count). The van der Waals surface area contributed by atoms with E-state index in [9.17, 15) is 0 Å². The molecule has 0 aliphatic heterocycles. The van der Waals surface area contributed by atoms with E-state index in [1.54, 1.807) is 18.7 Å². The van der Waals surface area contributed by atoms with Gasteiger partial charge in [0.2, 0.25) is 0 Å². The molecular formula is C23H16N6O. The molecule has 0 aliphatic carbocycles. The van der Waals surface area contributed by atoms with Crippen LogP contribution in [0.3, 0.4) is 0 Å². The van der Waals surface area contributed by atoms with Crippen molar-refractivity contribution in [2.45, 2.75) is 6.92 Å². The van der Waals surface area contributed by atoms with Gasteiger partial charge in [-0.1, -0.05) is 0 Å². The van der Waals surface area contributed by atoms with Crippen LogP contribution in [0.25, 0.3) is 55.7 Å². The predicted octanol–water partition coefficient (Wildman–Crippen LogP) is 5.13. The monoisotopic (exact) mass is 392 g/mol. The molecular weight excluding hydrogens is 376 g/mol. The Morgan fingerprint density at radius 3 is 2.73 bits per heavy atom. The van der Waals surface area contributed by atoms with Crippen molar-refractivity contribution in [2.75, 3.05) is 0 Å². The normalized spacial score (nSPS) is 11.5. The van der Waals surface area contributed by atoms with E-state index in [1.807, 2.05) is 42.9 Å². The van der Waals surface area contributed by atoms with E-state index in [-0.39, 0.29) is 0 Å². The Bertz CT molecular complexity index is 1510. The minimum Gasteiger partial charge on any atom is -0.472 e. The fourth-order valence-electron chi connectivity index (χ4n) is 3.80. The number of aromatic amines is 2. The Labute approximate surface area is 170 Å². The lowest BCUT2D eigenvalue weighted by atomic mass is 10.1. The van der Waals surface area contributed by atoms with Gasteiger partial charge in [0.15, 0.2) is 0 Å². The van der Waals surface area contributed by atoms with Gasteiger partial charge in [0, 0.05) is 40.7 Å². The number of furan rings is 1. The average molecular weight is 392 g/mol. The highest BCUT2D eigenvalue weighted by molar-refractivity contribution is 5.99. The van der Waals surface area contributed by atoms with Crippen LogP contribution in [0.1, 0.15) is 5.56 Å². The van der Waals surface area contributed by atoms with Crippen LogP contribution in [0.2, 0.25) is 0 Å². The molecule has 0 aliphatic rings. The first-order valence-corrected chi connectivity index (χ1v) is 9.54. The molecule has 7 nitrogen and oxygen atoms in total. The first kappa shape index (κ1) is 16.7. The fraction of sp³-hybridized carbons (Fsp3) is 0.0435. The minimum absolute atomic E-state index is 0.766. The largest absolute Gasteiger partial charge is 0.472 e. The lowest BCUT2D eigenvalue weighted by Crippen LogP contribution is -1.89. The van der Waals surface area contributed by atoms with E-state index in [1.165, 1.54) is 0 Å². The highest BCUT2D eigenvalue weighted by atomic mass is 16.3. The van der Waals surface area contributed by atoms with E-state index >= 15 is 0 Å². The van der Waals surface area contributed by atoms with Gasteiger partial charge in [-0.05, 0) is 42.8 Å². The van der Waals surface area contributed by atoms with Crippen LogP contribution < -0.4 is 0 Å². The Balaban J connectivity index is 1.53. The van der Waals surface area contributed by atoms with Crippen LogP contribution >= 0.6 is 0 Å². The van der Waals surface area contributed by atoms with Gasteiger partial charge in [-0.3, -0.25) is 15.1 Å². The number of nitrogens with zero attached hydrogens (tertiary/aromatic N) is 4. The van der Waals surface area contributed by atoms with Crippen LogP contribution in [0.15, 0.2) is 72.1 Å². The highest BCUT2D eigenvalue weighted by Gasteiger charge is 2.16. The van der Waals surface area contributed by atoms with Crippen molar-refractivity contribution in [1.29, 1.82) is 0 Å². The summed E-state index contributed by atoms with van der Waals surface area (Å²) in [5.74, 6) is 0. The third-order valence-corrected chi connectivity index (χ3v) is 5.36. The second-order valence-electron chi connectivity index (χ2n) is 7.20. The Kier molecular flexibility index (Phi) is 3.55. The number of fused-ring (bicyclic) bond motifs is 2. The molecule has 0 fully saturated rings. The summed E-state index contributed by atoms with van der Waals surface area (Å²) in [5.41, 5.74) is 9.25. The van der Waals surface area contributed by atoms with Gasteiger partial charge in [0.25, 0.3) is 0 Å². The van der Waals surface area contributed by atoms with Crippen molar-refractivity contribution in [3.63, 3.8) is 0 Å². The van der Waals surface area contributed by atoms with Gasteiger partial charge < -0.3 is 9.40 Å². The second-order valence-corrected chi connectivity index (χ2v) is 7.20. The van der Waals surface area contributed by atoms with Gasteiger partial charge in [-0.2, -0.15) is 5.10 Å². The third-order valence-electron chi connectivity index (χ3n) is 5.36. The molecule has 0 atom stereocenters. The molecule has 0 bridgehead atoms. The van der Waals surface area contributed by atoms with Gasteiger partial charge in [-0.15, -0.1) is 0 Å². The number of hydrogen-bond acceptors (Lipinski definition) is 5. The maximum absolute atomic E-state index is 5.25. The first-order valence-electron chi connectivity index (χ1n) is 9.54. The van der Waals surface area contributed by atoms with Gasteiger partial charge in [-0.25, -0.2) is 4.98 Å². The summed E-state index contributed by atoms with van der Waals surface area (Å²) >= 11 is 0. The molecule has 144 valence electrons. The SMILES string of the molecule is Cc1ccncc1-c1ccc2[nH]nc(-c3cc4c(-c5ccoc5)cncc4[nH]3)c2n1. The number of nitrogens with one attached hydrogen (secondary N) is 2. The summed E-state index contributed by atoms with van der Waals surface area (Å²) in [6.07, 6.45) is 10.7. The second kappa shape index (κ2) is 6.38. The summed E-state index contributed by atoms with van der Waals surface area (Å²) in [6, 6.07) is 9.98. The van der Waals surface area contributed by atoms with Crippen molar-refractivity contribution in [1.82, 2.24) is 30.1 Å². The summed E-state index contributed by atoms with van der Waals surface area (Å²) in [7, 11) is 0. The predicted molar refractivity (Wildman–Crippen MR) is 115 cm³/mol. The molecule has 0 unspecified atom stereocenters. The minimum atomic E-state index is 0.766. The maximum atomic E-state index is 5.25. The van der Waals surface area contributed by atoms with Crippen molar-refractivity contribution >= 4 is 21.9 Å². The third kappa shape index (κ3) is 2.52. The first-order chi connectivity index (χ1) is 14.8. The molecule has 0 aromatic carbocycles. The number of rotatable bonds is 3.